The van der Waals surface area contributed by atoms with Gasteiger partial charge in [0.25, 0.3) is 0 Å². The van der Waals surface area contributed by atoms with Crippen molar-refractivity contribution in [2.24, 2.45) is 0 Å². The van der Waals surface area contributed by atoms with E-state index in [1.54, 1.807) is 24.3 Å². The first-order valence-electron chi connectivity index (χ1n) is 8.50. The Morgan fingerprint density at radius 2 is 1.83 bits per heavy atom. The first-order chi connectivity index (χ1) is 14.2. The molecule has 7 nitrogen and oxygen atoms in total. The second-order valence-electron chi connectivity index (χ2n) is 6.15. The predicted octanol–water partition coefficient (Wildman–Crippen LogP) is 4.71. The van der Waals surface area contributed by atoms with Gasteiger partial charge in [-0.25, -0.2) is 13.4 Å². The van der Waals surface area contributed by atoms with E-state index in [1.165, 1.54) is 31.3 Å². The highest BCUT2D eigenvalue weighted by Crippen LogP contribution is 2.25. The predicted molar refractivity (Wildman–Crippen MR) is 113 cm³/mol. The summed E-state index contributed by atoms with van der Waals surface area (Å²) in [4.78, 5) is 16.1. The number of hydrogen-bond donors (Lipinski definition) is 1. The van der Waals surface area contributed by atoms with Gasteiger partial charge in [-0.2, -0.15) is 4.72 Å². The number of oxazole rings is 1. The van der Waals surface area contributed by atoms with Crippen LogP contribution in [-0.2, 0) is 26.2 Å². The summed E-state index contributed by atoms with van der Waals surface area (Å²) in [5.74, 6) is -0.163. The maximum absolute atomic E-state index is 12.4. The SMILES string of the molecule is C[C@H](NS(=O)(=O)c1ccc(Cl)c(Cl)c1)C(=O)OCc1ncc(-c2ccc(Cl)cc2)o1. The largest absolute Gasteiger partial charge is 0.454 e. The monoisotopic (exact) mass is 488 g/mol. The second kappa shape index (κ2) is 9.36. The summed E-state index contributed by atoms with van der Waals surface area (Å²) < 4.78 is 37.7. The molecule has 3 aromatic rings. The molecule has 0 spiro atoms. The van der Waals surface area contributed by atoms with Gasteiger partial charge in [-0.3, -0.25) is 4.79 Å². The van der Waals surface area contributed by atoms with Crippen molar-refractivity contribution < 1.29 is 22.4 Å². The zero-order chi connectivity index (χ0) is 21.9. The van der Waals surface area contributed by atoms with Gasteiger partial charge in [-0.1, -0.05) is 34.8 Å². The number of sulfonamides is 1. The smallest absolute Gasteiger partial charge is 0.324 e. The molecule has 1 heterocycles. The summed E-state index contributed by atoms with van der Waals surface area (Å²) in [6.07, 6.45) is 1.49. The van der Waals surface area contributed by atoms with E-state index in [1.807, 2.05) is 0 Å². The third kappa shape index (κ3) is 5.53. The number of nitrogens with one attached hydrogen (secondary N) is 1. The number of ether oxygens (including phenoxy) is 1. The topological polar surface area (TPSA) is 98.5 Å². The minimum atomic E-state index is -4.01. The van der Waals surface area contributed by atoms with Gasteiger partial charge in [0, 0.05) is 10.6 Å². The molecular weight excluding hydrogens is 475 g/mol. The first kappa shape index (κ1) is 22.6. The van der Waals surface area contributed by atoms with Crippen LogP contribution in [0.15, 0.2) is 58.0 Å². The van der Waals surface area contributed by atoms with Crippen molar-refractivity contribution >= 4 is 50.8 Å². The molecule has 0 aliphatic carbocycles. The highest BCUT2D eigenvalue weighted by Gasteiger charge is 2.24. The van der Waals surface area contributed by atoms with Gasteiger partial charge in [-0.05, 0) is 49.4 Å². The van der Waals surface area contributed by atoms with Crippen LogP contribution in [0.3, 0.4) is 0 Å². The van der Waals surface area contributed by atoms with Crippen molar-refractivity contribution in [1.29, 1.82) is 0 Å². The maximum Gasteiger partial charge on any atom is 0.324 e. The van der Waals surface area contributed by atoms with Crippen molar-refractivity contribution in [3.05, 3.63) is 69.6 Å². The van der Waals surface area contributed by atoms with Crippen LogP contribution in [0.4, 0.5) is 0 Å². The molecule has 1 N–H and O–H groups in total. The van der Waals surface area contributed by atoms with Gasteiger partial charge in [0.15, 0.2) is 12.4 Å². The molecule has 30 heavy (non-hydrogen) atoms. The summed E-state index contributed by atoms with van der Waals surface area (Å²) in [7, 11) is -4.01. The van der Waals surface area contributed by atoms with Crippen molar-refractivity contribution in [3.8, 4) is 11.3 Å². The van der Waals surface area contributed by atoms with Crippen LogP contribution in [0.5, 0.6) is 0 Å². The normalized spacial score (nSPS) is 12.5. The van der Waals surface area contributed by atoms with Gasteiger partial charge in [0.2, 0.25) is 15.9 Å². The number of rotatable bonds is 7. The fourth-order valence-corrected chi connectivity index (χ4v) is 4.08. The molecule has 0 unspecified atom stereocenters. The molecular formula is C19H15Cl3N2O5S. The summed E-state index contributed by atoms with van der Waals surface area (Å²) in [6, 6.07) is 9.60. The first-order valence-corrected chi connectivity index (χ1v) is 11.1. The van der Waals surface area contributed by atoms with Crippen LogP contribution in [0.1, 0.15) is 12.8 Å². The lowest BCUT2D eigenvalue weighted by Gasteiger charge is -2.13. The molecule has 3 rings (SSSR count). The Labute approximate surface area is 188 Å². The lowest BCUT2D eigenvalue weighted by Crippen LogP contribution is -2.39. The molecule has 0 saturated carbocycles. The average Bonchev–Trinajstić information content (AvgIpc) is 3.17. The van der Waals surface area contributed by atoms with Gasteiger partial charge < -0.3 is 9.15 Å². The molecule has 0 aliphatic heterocycles. The van der Waals surface area contributed by atoms with E-state index in [2.05, 4.69) is 9.71 Å². The minimum Gasteiger partial charge on any atom is -0.454 e. The van der Waals surface area contributed by atoms with E-state index in [9.17, 15) is 13.2 Å². The number of benzene rings is 2. The molecule has 1 atom stereocenters. The highest BCUT2D eigenvalue weighted by molar-refractivity contribution is 7.89. The molecule has 2 aromatic carbocycles. The average molecular weight is 490 g/mol. The molecule has 158 valence electrons. The standard InChI is InChI=1S/C19H15Cl3N2O5S/c1-11(24-30(26,27)14-6-7-15(21)16(22)8-14)19(25)28-10-18-23-9-17(29-18)12-2-4-13(20)5-3-12/h2-9,11,24H,10H2,1H3/t11-/m0/s1. The molecule has 0 bridgehead atoms. The van der Waals surface area contributed by atoms with Gasteiger partial charge in [0.05, 0.1) is 21.1 Å². The zero-order valence-electron chi connectivity index (χ0n) is 15.4. The highest BCUT2D eigenvalue weighted by atomic mass is 35.5. The maximum atomic E-state index is 12.4. The van der Waals surface area contributed by atoms with Gasteiger partial charge >= 0.3 is 5.97 Å². The van der Waals surface area contributed by atoms with Crippen molar-refractivity contribution in [3.63, 3.8) is 0 Å². The number of carbonyl (C=O) groups excluding carboxylic acids is 1. The van der Waals surface area contributed by atoms with Crippen LogP contribution in [0.25, 0.3) is 11.3 Å². The fraction of sp³-hybridized carbons (Fsp3) is 0.158. The van der Waals surface area contributed by atoms with Crippen LogP contribution in [0.2, 0.25) is 15.1 Å². The second-order valence-corrected chi connectivity index (χ2v) is 9.12. The van der Waals surface area contributed by atoms with Crippen molar-refractivity contribution in [1.82, 2.24) is 9.71 Å². The molecule has 0 radical (unpaired) electrons. The Bertz CT molecular complexity index is 1160. The Hall–Kier alpha value is -2.10. The summed E-state index contributed by atoms with van der Waals surface area (Å²) in [5.41, 5.74) is 0.757. The number of esters is 1. The van der Waals surface area contributed by atoms with E-state index in [0.717, 1.165) is 5.56 Å². The van der Waals surface area contributed by atoms with E-state index in [-0.39, 0.29) is 27.4 Å². The quantitative estimate of drug-likeness (QED) is 0.483. The van der Waals surface area contributed by atoms with E-state index >= 15 is 0 Å². The molecule has 0 aliphatic rings. The van der Waals surface area contributed by atoms with Gasteiger partial charge in [-0.15, -0.1) is 0 Å². The van der Waals surface area contributed by atoms with Gasteiger partial charge in [0.1, 0.15) is 6.04 Å². The number of aromatic nitrogens is 1. The number of hydrogen-bond acceptors (Lipinski definition) is 6. The molecule has 0 saturated heterocycles. The third-order valence-corrected chi connectivity index (χ3v) is 6.44. The number of halogens is 3. The van der Waals surface area contributed by atoms with Crippen LogP contribution in [-0.4, -0.2) is 25.4 Å². The molecule has 1 aromatic heterocycles. The lowest BCUT2D eigenvalue weighted by molar-refractivity contribution is -0.147. The fourth-order valence-electron chi connectivity index (χ4n) is 2.38. The Morgan fingerprint density at radius 1 is 1.13 bits per heavy atom. The Kier molecular flexibility index (Phi) is 7.05. The summed E-state index contributed by atoms with van der Waals surface area (Å²) >= 11 is 17.5. The minimum absolute atomic E-state index is 0.0788. The lowest BCUT2D eigenvalue weighted by atomic mass is 10.2. The molecule has 11 heteroatoms. The van der Waals surface area contributed by atoms with Crippen LogP contribution in [0, 0.1) is 0 Å². The number of carbonyl (C=O) groups is 1. The Balaban J connectivity index is 1.59. The van der Waals surface area contributed by atoms with E-state index in [0.29, 0.717) is 10.8 Å². The van der Waals surface area contributed by atoms with Crippen LogP contribution < -0.4 is 4.72 Å². The number of nitrogens with zero attached hydrogens (tertiary/aromatic N) is 1. The summed E-state index contributed by atoms with van der Waals surface area (Å²) in [6.45, 7) is 1.09. The zero-order valence-corrected chi connectivity index (χ0v) is 18.5. The van der Waals surface area contributed by atoms with Crippen LogP contribution >= 0.6 is 34.8 Å². The molecule has 0 amide bonds. The van der Waals surface area contributed by atoms with E-state index in [4.69, 9.17) is 44.0 Å². The summed E-state index contributed by atoms with van der Waals surface area (Å²) in [5, 5.41) is 0.881. The molecule has 0 fully saturated rings. The third-order valence-electron chi connectivity index (χ3n) is 3.91. The van der Waals surface area contributed by atoms with Crippen molar-refractivity contribution in [2.45, 2.75) is 24.5 Å². The van der Waals surface area contributed by atoms with E-state index < -0.39 is 22.0 Å². The van der Waals surface area contributed by atoms with Crippen molar-refractivity contribution in [2.75, 3.05) is 0 Å². The Morgan fingerprint density at radius 3 is 2.50 bits per heavy atom.